The molecule has 0 aromatic heterocycles. The second-order valence-corrected chi connectivity index (χ2v) is 14.3. The van der Waals surface area contributed by atoms with Crippen molar-refractivity contribution in [2.24, 2.45) is 5.92 Å². The van der Waals surface area contributed by atoms with Gasteiger partial charge in [-0.2, -0.15) is 13.2 Å². The Kier molecular flexibility index (Phi) is 10.6. The predicted octanol–water partition coefficient (Wildman–Crippen LogP) is 4.46. The number of carbonyl (C=O) groups is 2. The summed E-state index contributed by atoms with van der Waals surface area (Å²) in [6.45, 7) is 8.51. The Morgan fingerprint density at radius 2 is 1.53 bits per heavy atom. The highest BCUT2D eigenvalue weighted by Gasteiger charge is 2.44. The average molecular weight is 628 g/mol. The van der Waals surface area contributed by atoms with Crippen LogP contribution in [0.5, 0.6) is 0 Å². The molecule has 0 aliphatic carbocycles. The molecule has 2 aromatic carbocycles. The molecule has 238 valence electrons. The Labute approximate surface area is 250 Å². The third kappa shape index (κ3) is 9.67. The van der Waals surface area contributed by atoms with Crippen LogP contribution in [0.2, 0.25) is 0 Å². The molecule has 0 bridgehead atoms. The number of carbonyl (C=O) groups excluding carboxylic acids is 2. The molecule has 4 atom stereocenters. The SMILES string of the molecule is CC(C)C[C@H](NC(c1ccc(-c2ccc(S(C)(=O)=O)cc2)cc1)C(F)(F)F)C(=O)NC1CN(C(=O)OC(C)(C)C)CC1O. The predicted molar refractivity (Wildman–Crippen MR) is 156 cm³/mol. The molecule has 9 nitrogen and oxygen atoms in total. The van der Waals surface area contributed by atoms with Gasteiger partial charge in [0.15, 0.2) is 9.84 Å². The fraction of sp³-hybridized carbons (Fsp3) is 0.533. The number of β-amino-alcohol motifs (C(OH)–C–C–N with tert-alkyl or cyclic N) is 1. The summed E-state index contributed by atoms with van der Waals surface area (Å²) in [7, 11) is -3.39. The summed E-state index contributed by atoms with van der Waals surface area (Å²) in [5, 5.41) is 15.6. The molecule has 2 amide bonds. The summed E-state index contributed by atoms with van der Waals surface area (Å²) in [5.41, 5.74) is 0.347. The van der Waals surface area contributed by atoms with E-state index in [-0.39, 0.29) is 35.9 Å². The van der Waals surface area contributed by atoms with Crippen molar-refractivity contribution in [1.29, 1.82) is 0 Å². The van der Waals surface area contributed by atoms with Gasteiger partial charge >= 0.3 is 12.3 Å². The molecule has 1 heterocycles. The Hall–Kier alpha value is -3.16. The molecule has 0 radical (unpaired) electrons. The lowest BCUT2D eigenvalue weighted by molar-refractivity contribution is -0.161. The number of rotatable bonds is 9. The normalized spacial score (nSPS) is 19.3. The van der Waals surface area contributed by atoms with Gasteiger partial charge in [-0.1, -0.05) is 50.2 Å². The van der Waals surface area contributed by atoms with Crippen LogP contribution in [0.25, 0.3) is 11.1 Å². The quantitative estimate of drug-likeness (QED) is 0.375. The fourth-order valence-electron chi connectivity index (χ4n) is 4.75. The van der Waals surface area contributed by atoms with Gasteiger partial charge in [0.05, 0.1) is 29.6 Å². The van der Waals surface area contributed by atoms with Crippen molar-refractivity contribution in [3.63, 3.8) is 0 Å². The first-order valence-corrected chi connectivity index (χ1v) is 15.8. The second kappa shape index (κ2) is 13.2. The van der Waals surface area contributed by atoms with Crippen molar-refractivity contribution < 1.29 is 41.0 Å². The van der Waals surface area contributed by atoms with E-state index in [2.05, 4.69) is 10.6 Å². The molecule has 1 fully saturated rings. The van der Waals surface area contributed by atoms with Gasteiger partial charge in [0, 0.05) is 12.8 Å². The number of benzene rings is 2. The van der Waals surface area contributed by atoms with Crippen LogP contribution < -0.4 is 10.6 Å². The van der Waals surface area contributed by atoms with Crippen LogP contribution >= 0.6 is 0 Å². The third-order valence-electron chi connectivity index (χ3n) is 6.85. The van der Waals surface area contributed by atoms with E-state index in [1.807, 2.05) is 0 Å². The Morgan fingerprint density at radius 3 is 2.00 bits per heavy atom. The number of aliphatic hydroxyl groups excluding tert-OH is 1. The van der Waals surface area contributed by atoms with Crippen molar-refractivity contribution in [2.45, 2.75) is 81.9 Å². The number of hydrogen-bond donors (Lipinski definition) is 3. The summed E-state index contributed by atoms with van der Waals surface area (Å²) in [4.78, 5) is 27.1. The van der Waals surface area contributed by atoms with Crippen LogP contribution in [-0.2, 0) is 19.4 Å². The van der Waals surface area contributed by atoms with Crippen LogP contribution in [0, 0.1) is 5.92 Å². The molecule has 0 spiro atoms. The third-order valence-corrected chi connectivity index (χ3v) is 7.98. The van der Waals surface area contributed by atoms with E-state index in [0.29, 0.717) is 11.1 Å². The number of amides is 2. The Bertz CT molecular complexity index is 1370. The molecule has 3 unspecified atom stereocenters. The Balaban J connectivity index is 1.78. The average Bonchev–Trinajstić information content (AvgIpc) is 3.24. The van der Waals surface area contributed by atoms with Gasteiger partial charge in [-0.15, -0.1) is 0 Å². The Morgan fingerprint density at radius 1 is 1.00 bits per heavy atom. The highest BCUT2D eigenvalue weighted by atomic mass is 32.2. The van der Waals surface area contributed by atoms with Crippen LogP contribution in [0.3, 0.4) is 0 Å². The molecule has 3 rings (SSSR count). The number of sulfone groups is 1. The minimum Gasteiger partial charge on any atom is -0.444 e. The van der Waals surface area contributed by atoms with Crippen molar-refractivity contribution in [1.82, 2.24) is 15.5 Å². The van der Waals surface area contributed by atoms with E-state index in [0.717, 1.165) is 6.26 Å². The van der Waals surface area contributed by atoms with Crippen LogP contribution in [0.15, 0.2) is 53.4 Å². The molecule has 13 heteroatoms. The maximum absolute atomic E-state index is 14.3. The molecular formula is C30H40F3N3O6S. The second-order valence-electron chi connectivity index (χ2n) is 12.3. The molecule has 43 heavy (non-hydrogen) atoms. The fourth-order valence-corrected chi connectivity index (χ4v) is 5.38. The zero-order chi connectivity index (χ0) is 32.3. The maximum Gasteiger partial charge on any atom is 0.410 e. The monoisotopic (exact) mass is 627 g/mol. The maximum atomic E-state index is 14.3. The molecular weight excluding hydrogens is 587 g/mol. The first-order chi connectivity index (χ1) is 19.7. The molecule has 1 aliphatic heterocycles. The number of alkyl halides is 3. The molecule has 1 aliphatic rings. The zero-order valence-corrected chi connectivity index (χ0v) is 25.9. The molecule has 3 N–H and O–H groups in total. The lowest BCUT2D eigenvalue weighted by Crippen LogP contribution is -2.54. The highest BCUT2D eigenvalue weighted by Crippen LogP contribution is 2.35. The summed E-state index contributed by atoms with van der Waals surface area (Å²) in [6.07, 6.45) is -5.35. The highest BCUT2D eigenvalue weighted by molar-refractivity contribution is 7.90. The first kappa shape index (κ1) is 34.3. The van der Waals surface area contributed by atoms with Crippen molar-refractivity contribution in [3.05, 3.63) is 54.1 Å². The van der Waals surface area contributed by atoms with Crippen molar-refractivity contribution in [2.75, 3.05) is 19.3 Å². The van der Waals surface area contributed by atoms with Crippen LogP contribution in [-0.4, -0.2) is 79.7 Å². The molecule has 2 aromatic rings. The van der Waals surface area contributed by atoms with E-state index in [9.17, 15) is 36.3 Å². The van der Waals surface area contributed by atoms with E-state index >= 15 is 0 Å². The van der Waals surface area contributed by atoms with Gasteiger partial charge < -0.3 is 20.1 Å². The summed E-state index contributed by atoms with van der Waals surface area (Å²) < 4.78 is 71.8. The van der Waals surface area contributed by atoms with E-state index < -0.39 is 57.8 Å². The number of halogens is 3. The summed E-state index contributed by atoms with van der Waals surface area (Å²) in [5.74, 6) is -0.859. The topological polar surface area (TPSA) is 125 Å². The lowest BCUT2D eigenvalue weighted by Gasteiger charge is -2.29. The van der Waals surface area contributed by atoms with Gasteiger partial charge in [0.2, 0.25) is 5.91 Å². The standard InChI is InChI=1S/C30H40F3N3O6S/c1-18(2)15-23(27(38)35-24-16-36(17-25(24)37)28(39)42-29(3,4)5)34-26(30(31,32)33)21-9-7-19(8-10-21)20-11-13-22(14-12-20)43(6,40)41/h7-14,18,23-26,34,37H,15-17H2,1-6H3,(H,35,38)/t23-,24?,25?,26?/m0/s1. The minimum atomic E-state index is -4.74. The molecule has 0 saturated carbocycles. The number of ether oxygens (including phenoxy) is 1. The smallest absolute Gasteiger partial charge is 0.410 e. The van der Waals surface area contributed by atoms with Crippen molar-refractivity contribution in [3.8, 4) is 11.1 Å². The largest absolute Gasteiger partial charge is 0.444 e. The van der Waals surface area contributed by atoms with Gasteiger partial charge in [-0.25, -0.2) is 13.2 Å². The number of hydrogen-bond acceptors (Lipinski definition) is 7. The number of aliphatic hydroxyl groups is 1. The summed E-state index contributed by atoms with van der Waals surface area (Å²) in [6, 6.07) is 7.35. The van der Waals surface area contributed by atoms with E-state index in [1.165, 1.54) is 41.3 Å². The number of nitrogens with zero attached hydrogens (tertiary/aromatic N) is 1. The van der Waals surface area contributed by atoms with E-state index in [1.54, 1.807) is 46.8 Å². The van der Waals surface area contributed by atoms with Gasteiger partial charge in [-0.05, 0) is 61.9 Å². The van der Waals surface area contributed by atoms with Gasteiger partial charge in [-0.3, -0.25) is 10.1 Å². The van der Waals surface area contributed by atoms with Crippen LogP contribution in [0.1, 0.15) is 52.6 Å². The number of nitrogens with one attached hydrogen (secondary N) is 2. The number of likely N-dealkylation sites (tertiary alicyclic amines) is 1. The minimum absolute atomic E-state index is 0.0501. The molecule has 1 saturated heterocycles. The van der Waals surface area contributed by atoms with E-state index in [4.69, 9.17) is 4.74 Å². The first-order valence-electron chi connectivity index (χ1n) is 13.9. The van der Waals surface area contributed by atoms with Crippen LogP contribution in [0.4, 0.5) is 18.0 Å². The zero-order valence-electron chi connectivity index (χ0n) is 25.1. The van der Waals surface area contributed by atoms with Gasteiger partial charge in [0.1, 0.15) is 11.6 Å². The summed E-state index contributed by atoms with van der Waals surface area (Å²) >= 11 is 0. The van der Waals surface area contributed by atoms with Crippen molar-refractivity contribution >= 4 is 21.8 Å². The van der Waals surface area contributed by atoms with Gasteiger partial charge in [0.25, 0.3) is 0 Å². The lowest BCUT2D eigenvalue weighted by atomic mass is 9.97.